The van der Waals surface area contributed by atoms with Gasteiger partial charge in [-0.1, -0.05) is 33.1 Å². The largest absolute Gasteiger partial charge is 0.197 e. The third kappa shape index (κ3) is 2.42. The molecule has 1 saturated carbocycles. The molecule has 1 aliphatic rings. The van der Waals surface area contributed by atoms with Crippen LogP contribution in [0, 0.1) is 11.3 Å². The molecule has 0 heterocycles. The van der Waals surface area contributed by atoms with Crippen LogP contribution in [0.3, 0.4) is 0 Å². The summed E-state index contributed by atoms with van der Waals surface area (Å²) in [6.45, 7) is 4.36. The van der Waals surface area contributed by atoms with Gasteiger partial charge in [0.2, 0.25) is 0 Å². The van der Waals surface area contributed by atoms with Crippen LogP contribution in [0.25, 0.3) is 0 Å². The Kier molecular flexibility index (Phi) is 3.46. The molecule has 1 fully saturated rings. The zero-order chi connectivity index (χ0) is 9.03. The van der Waals surface area contributed by atoms with Crippen LogP contribution in [0.4, 0.5) is 0 Å². The Morgan fingerprint density at radius 3 is 2.25 bits per heavy atom. The highest BCUT2D eigenvalue weighted by molar-refractivity contribution is 8.01. The predicted molar refractivity (Wildman–Crippen MR) is 54.2 cm³/mol. The van der Waals surface area contributed by atoms with Gasteiger partial charge in [0.1, 0.15) is 4.75 Å². The van der Waals surface area contributed by atoms with Gasteiger partial charge in [-0.2, -0.15) is 5.26 Å². The van der Waals surface area contributed by atoms with Gasteiger partial charge in [-0.25, -0.2) is 0 Å². The number of nitrogens with zero attached hydrogens (tertiary/aromatic N) is 1. The molecule has 0 bridgehead atoms. The first-order valence-electron chi connectivity index (χ1n) is 4.78. The molecule has 0 saturated heterocycles. The van der Waals surface area contributed by atoms with E-state index in [1.54, 1.807) is 0 Å². The van der Waals surface area contributed by atoms with Crippen LogP contribution in [0.2, 0.25) is 0 Å². The maximum Gasteiger partial charge on any atom is 0.103 e. The summed E-state index contributed by atoms with van der Waals surface area (Å²) in [4.78, 5) is 0. The summed E-state index contributed by atoms with van der Waals surface area (Å²) in [5, 5.41) is 9.71. The predicted octanol–water partition coefficient (Wildman–Crippen LogP) is 3.35. The van der Waals surface area contributed by atoms with Crippen molar-refractivity contribution in [3.63, 3.8) is 0 Å². The lowest BCUT2D eigenvalue weighted by Gasteiger charge is -2.31. The zero-order valence-corrected chi connectivity index (χ0v) is 8.78. The van der Waals surface area contributed by atoms with E-state index in [2.05, 4.69) is 19.9 Å². The summed E-state index contributed by atoms with van der Waals surface area (Å²) >= 11 is 1.86. The second kappa shape index (κ2) is 4.18. The van der Waals surface area contributed by atoms with Crippen molar-refractivity contribution in [3.8, 4) is 6.07 Å². The van der Waals surface area contributed by atoms with E-state index in [1.165, 1.54) is 19.3 Å². The maximum atomic E-state index is 9.12. The maximum absolute atomic E-state index is 9.12. The standard InChI is InChI=1S/C10H17NS/c1-9(2)12-10(8-11)6-4-3-5-7-10/h9H,3-7H2,1-2H3. The molecule has 0 amide bonds. The second-order valence-corrected chi connectivity index (χ2v) is 5.79. The Hall–Kier alpha value is -0.160. The van der Waals surface area contributed by atoms with Crippen LogP contribution in [0.1, 0.15) is 46.0 Å². The highest BCUT2D eigenvalue weighted by Crippen LogP contribution is 2.41. The fourth-order valence-corrected chi connectivity index (χ4v) is 3.31. The van der Waals surface area contributed by atoms with E-state index in [-0.39, 0.29) is 4.75 Å². The van der Waals surface area contributed by atoms with Crippen molar-refractivity contribution in [2.45, 2.75) is 55.9 Å². The van der Waals surface area contributed by atoms with E-state index >= 15 is 0 Å². The van der Waals surface area contributed by atoms with Crippen molar-refractivity contribution >= 4 is 11.8 Å². The third-order valence-corrected chi connectivity index (χ3v) is 3.75. The van der Waals surface area contributed by atoms with Gasteiger partial charge in [0, 0.05) is 5.25 Å². The first kappa shape index (κ1) is 9.92. The van der Waals surface area contributed by atoms with Crippen molar-refractivity contribution < 1.29 is 0 Å². The number of rotatable bonds is 2. The van der Waals surface area contributed by atoms with E-state index in [0.717, 1.165) is 12.8 Å². The molecule has 2 heteroatoms. The van der Waals surface area contributed by atoms with E-state index in [1.807, 2.05) is 11.8 Å². The average molecular weight is 183 g/mol. The fourth-order valence-electron chi connectivity index (χ4n) is 1.83. The summed E-state index contributed by atoms with van der Waals surface area (Å²) in [6, 6.07) is 2.51. The summed E-state index contributed by atoms with van der Waals surface area (Å²) in [5.74, 6) is 0. The topological polar surface area (TPSA) is 23.8 Å². The first-order chi connectivity index (χ1) is 5.68. The highest BCUT2D eigenvalue weighted by atomic mass is 32.2. The Labute approximate surface area is 79.5 Å². The molecule has 0 spiro atoms. The van der Waals surface area contributed by atoms with Crippen LogP contribution >= 0.6 is 11.8 Å². The Balaban J connectivity index is 2.55. The molecule has 1 aliphatic carbocycles. The molecular formula is C10H17NS. The molecular weight excluding hydrogens is 166 g/mol. The number of nitriles is 1. The molecule has 0 unspecified atom stereocenters. The summed E-state index contributed by atoms with van der Waals surface area (Å²) in [6.07, 6.45) is 6.02. The first-order valence-corrected chi connectivity index (χ1v) is 5.65. The molecule has 0 aromatic heterocycles. The number of hydrogen-bond donors (Lipinski definition) is 0. The van der Waals surface area contributed by atoms with Crippen LogP contribution < -0.4 is 0 Å². The monoisotopic (exact) mass is 183 g/mol. The molecule has 12 heavy (non-hydrogen) atoms. The van der Waals surface area contributed by atoms with Crippen LogP contribution in [-0.2, 0) is 0 Å². The van der Waals surface area contributed by atoms with Crippen LogP contribution in [0.5, 0.6) is 0 Å². The molecule has 0 aromatic carbocycles. The van der Waals surface area contributed by atoms with Gasteiger partial charge in [0.25, 0.3) is 0 Å². The molecule has 68 valence electrons. The lowest BCUT2D eigenvalue weighted by molar-refractivity contribution is 0.458. The minimum atomic E-state index is -0.0353. The van der Waals surface area contributed by atoms with Crippen molar-refractivity contribution in [1.82, 2.24) is 0 Å². The summed E-state index contributed by atoms with van der Waals surface area (Å²) < 4.78 is -0.0353. The van der Waals surface area contributed by atoms with Crippen molar-refractivity contribution in [2.24, 2.45) is 0 Å². The Morgan fingerprint density at radius 2 is 1.83 bits per heavy atom. The summed E-state index contributed by atoms with van der Waals surface area (Å²) in [5.41, 5.74) is 0. The Bertz CT molecular complexity index is 175. The van der Waals surface area contributed by atoms with Gasteiger partial charge in [0.15, 0.2) is 0 Å². The minimum Gasteiger partial charge on any atom is -0.197 e. The highest BCUT2D eigenvalue weighted by Gasteiger charge is 2.33. The van der Waals surface area contributed by atoms with E-state index in [9.17, 15) is 0 Å². The van der Waals surface area contributed by atoms with E-state index in [4.69, 9.17) is 5.26 Å². The van der Waals surface area contributed by atoms with Crippen LogP contribution in [-0.4, -0.2) is 10.00 Å². The molecule has 1 rings (SSSR count). The van der Waals surface area contributed by atoms with Gasteiger partial charge in [-0.3, -0.25) is 0 Å². The quantitative estimate of drug-likeness (QED) is 0.655. The molecule has 1 nitrogen and oxygen atoms in total. The summed E-state index contributed by atoms with van der Waals surface area (Å²) in [7, 11) is 0. The lowest BCUT2D eigenvalue weighted by Crippen LogP contribution is -2.27. The van der Waals surface area contributed by atoms with Gasteiger partial charge in [-0.15, -0.1) is 11.8 Å². The molecule has 0 N–H and O–H groups in total. The normalized spacial score (nSPS) is 22.2. The smallest absolute Gasteiger partial charge is 0.103 e. The second-order valence-electron chi connectivity index (χ2n) is 3.83. The van der Waals surface area contributed by atoms with Gasteiger partial charge in [0.05, 0.1) is 6.07 Å². The molecule has 0 aromatic rings. The van der Waals surface area contributed by atoms with Gasteiger partial charge < -0.3 is 0 Å². The fraction of sp³-hybridized carbons (Fsp3) is 0.900. The van der Waals surface area contributed by atoms with Crippen LogP contribution in [0.15, 0.2) is 0 Å². The number of thioether (sulfide) groups is 1. The molecule has 0 aliphatic heterocycles. The van der Waals surface area contributed by atoms with Crippen molar-refractivity contribution in [1.29, 1.82) is 5.26 Å². The Morgan fingerprint density at radius 1 is 1.25 bits per heavy atom. The lowest BCUT2D eigenvalue weighted by atomic mass is 9.89. The van der Waals surface area contributed by atoms with Gasteiger partial charge >= 0.3 is 0 Å². The molecule has 0 radical (unpaired) electrons. The number of hydrogen-bond acceptors (Lipinski definition) is 2. The van der Waals surface area contributed by atoms with Crippen molar-refractivity contribution in [3.05, 3.63) is 0 Å². The third-order valence-electron chi connectivity index (χ3n) is 2.33. The zero-order valence-electron chi connectivity index (χ0n) is 7.97. The molecule has 0 atom stereocenters. The van der Waals surface area contributed by atoms with E-state index in [0.29, 0.717) is 5.25 Å². The SMILES string of the molecule is CC(C)SC1(C#N)CCCCC1. The van der Waals surface area contributed by atoms with E-state index < -0.39 is 0 Å². The van der Waals surface area contributed by atoms with Crippen molar-refractivity contribution in [2.75, 3.05) is 0 Å². The van der Waals surface area contributed by atoms with Gasteiger partial charge in [-0.05, 0) is 12.8 Å². The average Bonchev–Trinajstić information content (AvgIpc) is 2.05. The minimum absolute atomic E-state index is 0.0353.